The van der Waals surface area contributed by atoms with Gasteiger partial charge in [0, 0.05) is 19.4 Å². The molecule has 1 aromatic heterocycles. The lowest BCUT2D eigenvalue weighted by Gasteiger charge is -1.85. The van der Waals surface area contributed by atoms with Crippen LogP contribution in [0.2, 0.25) is 0 Å². The Kier molecular flexibility index (Phi) is 11.9. The summed E-state index contributed by atoms with van der Waals surface area (Å²) in [6.07, 6.45) is 5.86. The highest BCUT2D eigenvalue weighted by Gasteiger charge is 1.98. The van der Waals surface area contributed by atoms with Crippen LogP contribution in [0.5, 0.6) is 0 Å². The standard InChI is InChI=1S/C4H6N2.C3H8O3S.H2S2/c1-6-3-2-5-4-6;1-2-3-7(4,5)6;1-2/h2-4H,1H3;2-3H2,1H3,(H,4,5,6);1-2H. The van der Waals surface area contributed by atoms with Crippen molar-refractivity contribution in [2.24, 2.45) is 7.05 Å². The van der Waals surface area contributed by atoms with Gasteiger partial charge in [-0.05, 0) is 6.42 Å². The maximum Gasteiger partial charge on any atom is 0.264 e. The molecule has 1 aromatic rings. The van der Waals surface area contributed by atoms with Crippen molar-refractivity contribution in [2.75, 3.05) is 5.75 Å². The zero-order valence-corrected chi connectivity index (χ0v) is 11.2. The minimum Gasteiger partial charge on any atom is -0.341 e. The molecule has 8 heteroatoms. The van der Waals surface area contributed by atoms with Gasteiger partial charge < -0.3 is 4.57 Å². The number of hydrogen-bond acceptors (Lipinski definition) is 5. The lowest BCUT2D eigenvalue weighted by atomic mass is 10.6. The van der Waals surface area contributed by atoms with Crippen LogP contribution in [0.25, 0.3) is 0 Å². The van der Waals surface area contributed by atoms with Crippen LogP contribution in [0.1, 0.15) is 13.3 Å². The van der Waals surface area contributed by atoms with E-state index in [0.29, 0.717) is 6.42 Å². The SMILES string of the molecule is CCCS(=O)(=O)O.Cn1ccnc1.SS. The number of aryl methyl sites for hydroxylation is 1. The lowest BCUT2D eigenvalue weighted by molar-refractivity contribution is 0.482. The van der Waals surface area contributed by atoms with Crippen LogP contribution >= 0.6 is 23.3 Å². The molecule has 1 N–H and O–H groups in total. The highest BCUT2D eigenvalue weighted by molar-refractivity contribution is 8.59. The Labute approximate surface area is 101 Å². The summed E-state index contributed by atoms with van der Waals surface area (Å²) in [4.78, 5) is 3.78. The maximum atomic E-state index is 9.79. The molecule has 0 fully saturated rings. The zero-order valence-electron chi connectivity index (χ0n) is 8.61. The van der Waals surface area contributed by atoms with Crippen molar-refractivity contribution in [3.8, 4) is 0 Å². The van der Waals surface area contributed by atoms with Gasteiger partial charge >= 0.3 is 0 Å². The molecule has 0 aliphatic rings. The summed E-state index contributed by atoms with van der Waals surface area (Å²) in [6.45, 7) is 1.69. The summed E-state index contributed by atoms with van der Waals surface area (Å²) < 4.78 is 29.5. The molecule has 0 saturated carbocycles. The first-order valence-corrected chi connectivity index (χ1v) is 7.23. The fourth-order valence-electron chi connectivity index (χ4n) is 0.584. The summed E-state index contributed by atoms with van der Waals surface area (Å²) in [5.74, 6) is -0.132. The molecule has 0 unspecified atom stereocenters. The van der Waals surface area contributed by atoms with Gasteiger partial charge in [0.15, 0.2) is 0 Å². The molecule has 0 atom stereocenters. The maximum absolute atomic E-state index is 9.79. The van der Waals surface area contributed by atoms with E-state index in [1.165, 1.54) is 0 Å². The topological polar surface area (TPSA) is 72.2 Å². The molecule has 1 rings (SSSR count). The van der Waals surface area contributed by atoms with E-state index in [0.717, 1.165) is 0 Å². The van der Waals surface area contributed by atoms with Gasteiger partial charge in [-0.1, -0.05) is 6.92 Å². The second-order valence-corrected chi connectivity index (χ2v) is 4.09. The van der Waals surface area contributed by atoms with E-state index in [1.807, 2.05) is 17.8 Å². The average Bonchev–Trinajstić information content (AvgIpc) is 2.58. The van der Waals surface area contributed by atoms with Crippen LogP contribution in [0.4, 0.5) is 0 Å². The number of nitrogens with zero attached hydrogens (tertiary/aromatic N) is 2. The van der Waals surface area contributed by atoms with Crippen LogP contribution in [-0.4, -0.2) is 28.3 Å². The zero-order chi connectivity index (χ0) is 12.3. The van der Waals surface area contributed by atoms with E-state index in [9.17, 15) is 8.42 Å². The molecule has 0 bridgehead atoms. The predicted octanol–water partition coefficient (Wildman–Crippen LogP) is 1.47. The number of imidazole rings is 1. The average molecular weight is 272 g/mol. The highest BCUT2D eigenvalue weighted by Crippen LogP contribution is 1.83. The first-order chi connectivity index (χ1) is 6.95. The smallest absolute Gasteiger partial charge is 0.264 e. The summed E-state index contributed by atoms with van der Waals surface area (Å²) in [7, 11) is -1.74. The van der Waals surface area contributed by atoms with Gasteiger partial charge in [0.05, 0.1) is 12.1 Å². The van der Waals surface area contributed by atoms with Gasteiger partial charge in [-0.25, -0.2) is 4.98 Å². The molecule has 0 aromatic carbocycles. The lowest BCUT2D eigenvalue weighted by Crippen LogP contribution is -2.01. The summed E-state index contributed by atoms with van der Waals surface area (Å²) in [5.41, 5.74) is 0. The Morgan fingerprint density at radius 1 is 1.47 bits per heavy atom. The number of hydrogen-bond donors (Lipinski definition) is 3. The molecule has 0 aliphatic carbocycles. The largest absolute Gasteiger partial charge is 0.341 e. The minimum atomic E-state index is -3.67. The summed E-state index contributed by atoms with van der Waals surface area (Å²) in [6, 6.07) is 0. The molecular weight excluding hydrogens is 256 g/mol. The third-order valence-corrected chi connectivity index (χ3v) is 2.02. The van der Waals surface area contributed by atoms with Crippen LogP contribution in [0.15, 0.2) is 18.7 Å². The van der Waals surface area contributed by atoms with Crippen molar-refractivity contribution in [1.29, 1.82) is 0 Å². The molecule has 0 amide bonds. The van der Waals surface area contributed by atoms with Crippen molar-refractivity contribution < 1.29 is 13.0 Å². The van der Waals surface area contributed by atoms with Crippen molar-refractivity contribution in [2.45, 2.75) is 13.3 Å². The van der Waals surface area contributed by atoms with Crippen LogP contribution in [-0.2, 0) is 17.2 Å². The third kappa shape index (κ3) is 16.5. The molecule has 5 nitrogen and oxygen atoms in total. The summed E-state index contributed by atoms with van der Waals surface area (Å²) >= 11 is 6.44. The Morgan fingerprint density at radius 3 is 2.07 bits per heavy atom. The van der Waals surface area contributed by atoms with E-state index < -0.39 is 10.1 Å². The normalized spacial score (nSPS) is 9.40. The van der Waals surface area contributed by atoms with Crippen molar-refractivity contribution >= 4 is 33.4 Å². The van der Waals surface area contributed by atoms with Crippen LogP contribution < -0.4 is 0 Å². The van der Waals surface area contributed by atoms with Crippen molar-refractivity contribution in [1.82, 2.24) is 9.55 Å². The van der Waals surface area contributed by atoms with Gasteiger partial charge in [-0.2, -0.15) is 8.42 Å². The highest BCUT2D eigenvalue weighted by atomic mass is 33.1. The Morgan fingerprint density at radius 2 is 2.00 bits per heavy atom. The van der Waals surface area contributed by atoms with Gasteiger partial charge in [-0.3, -0.25) is 4.55 Å². The monoisotopic (exact) mass is 272 g/mol. The number of rotatable bonds is 2. The fraction of sp³-hybridized carbons (Fsp3) is 0.571. The Hall–Kier alpha value is -0.180. The van der Waals surface area contributed by atoms with Crippen molar-refractivity contribution in [3.05, 3.63) is 18.7 Å². The van der Waals surface area contributed by atoms with Gasteiger partial charge in [0.25, 0.3) is 10.1 Å². The van der Waals surface area contributed by atoms with Gasteiger partial charge in [0.2, 0.25) is 0 Å². The van der Waals surface area contributed by atoms with E-state index >= 15 is 0 Å². The quantitative estimate of drug-likeness (QED) is 0.433. The number of thiol groups is 2. The third-order valence-electron chi connectivity index (χ3n) is 1.10. The van der Waals surface area contributed by atoms with Crippen molar-refractivity contribution in [3.63, 3.8) is 0 Å². The van der Waals surface area contributed by atoms with Crippen LogP contribution in [0.3, 0.4) is 0 Å². The van der Waals surface area contributed by atoms with E-state index in [4.69, 9.17) is 4.55 Å². The first-order valence-electron chi connectivity index (χ1n) is 4.03. The molecule has 15 heavy (non-hydrogen) atoms. The molecule has 0 saturated heterocycles. The molecular formula is C7H16N2O3S3. The van der Waals surface area contributed by atoms with E-state index in [1.54, 1.807) is 19.4 Å². The van der Waals surface area contributed by atoms with Crippen LogP contribution in [0, 0.1) is 0 Å². The van der Waals surface area contributed by atoms with E-state index in [2.05, 4.69) is 28.3 Å². The molecule has 0 aliphatic heterocycles. The number of aromatic nitrogens is 2. The fourth-order valence-corrected chi connectivity index (χ4v) is 1.10. The summed E-state index contributed by atoms with van der Waals surface area (Å²) in [5, 5.41) is 0. The Balaban J connectivity index is 0. The van der Waals surface area contributed by atoms with E-state index in [-0.39, 0.29) is 5.75 Å². The molecule has 1 heterocycles. The molecule has 0 spiro atoms. The Bertz CT molecular complexity index is 310. The second kappa shape index (κ2) is 10.3. The minimum absolute atomic E-state index is 0.132. The van der Waals surface area contributed by atoms with Gasteiger partial charge in [-0.15, -0.1) is 23.3 Å². The molecule has 90 valence electrons. The second-order valence-electron chi connectivity index (χ2n) is 2.51. The van der Waals surface area contributed by atoms with Gasteiger partial charge in [0.1, 0.15) is 0 Å². The molecule has 0 radical (unpaired) electrons. The first kappa shape index (κ1) is 17.2. The predicted molar refractivity (Wildman–Crippen MR) is 67.9 cm³/mol.